The van der Waals surface area contributed by atoms with Crippen LogP contribution in [-0.4, -0.2) is 39.4 Å². The molecular formula is C11H16N2O4. The van der Waals surface area contributed by atoms with Crippen LogP contribution in [0.3, 0.4) is 0 Å². The predicted molar refractivity (Wildman–Crippen MR) is 60.5 cm³/mol. The Kier molecular flexibility index (Phi) is 2.34. The van der Waals surface area contributed by atoms with Gasteiger partial charge in [0.15, 0.2) is 11.3 Å². The maximum absolute atomic E-state index is 11.5. The molecule has 94 valence electrons. The van der Waals surface area contributed by atoms with Gasteiger partial charge < -0.3 is 14.9 Å². The van der Waals surface area contributed by atoms with Gasteiger partial charge in [-0.2, -0.15) is 0 Å². The molecule has 1 amide bonds. The van der Waals surface area contributed by atoms with E-state index in [0.29, 0.717) is 0 Å². The summed E-state index contributed by atoms with van der Waals surface area (Å²) in [4.78, 5) is 15.3. The van der Waals surface area contributed by atoms with Crippen LogP contribution in [0.2, 0.25) is 0 Å². The lowest BCUT2D eigenvalue weighted by atomic mass is 10.1. The topological polar surface area (TPSA) is 91.2 Å². The summed E-state index contributed by atoms with van der Waals surface area (Å²) in [7, 11) is 0. The molecule has 0 saturated heterocycles. The van der Waals surface area contributed by atoms with Crippen molar-refractivity contribution in [2.24, 2.45) is 4.99 Å². The van der Waals surface area contributed by atoms with Crippen LogP contribution in [0.1, 0.15) is 27.2 Å². The average molecular weight is 240 g/mol. The van der Waals surface area contributed by atoms with Crippen molar-refractivity contribution in [1.82, 2.24) is 5.32 Å². The summed E-state index contributed by atoms with van der Waals surface area (Å²) in [6, 6.07) is 0. The number of ether oxygens (including phenoxy) is 1. The Labute approximate surface area is 99.0 Å². The molecule has 1 aliphatic carbocycles. The third kappa shape index (κ3) is 2.05. The van der Waals surface area contributed by atoms with Crippen LogP contribution in [0.15, 0.2) is 16.8 Å². The number of nitrogens with one attached hydrogen (secondary N) is 1. The SMILES string of the molecule is CC(C)(C)OC(=O)NC1=CC=NC2(O)CC12O. The van der Waals surface area contributed by atoms with Crippen molar-refractivity contribution in [2.45, 2.75) is 44.1 Å². The monoisotopic (exact) mass is 240 g/mol. The smallest absolute Gasteiger partial charge is 0.411 e. The number of rotatable bonds is 1. The summed E-state index contributed by atoms with van der Waals surface area (Å²) in [5.41, 5.74) is -3.38. The molecule has 6 heteroatoms. The van der Waals surface area contributed by atoms with Crippen LogP contribution in [0.4, 0.5) is 4.79 Å². The van der Waals surface area contributed by atoms with E-state index in [2.05, 4.69) is 10.3 Å². The Hall–Kier alpha value is -1.40. The van der Waals surface area contributed by atoms with Gasteiger partial charge in [0.25, 0.3) is 0 Å². The van der Waals surface area contributed by atoms with E-state index >= 15 is 0 Å². The summed E-state index contributed by atoms with van der Waals surface area (Å²) in [5.74, 6) is 0. The number of fused-ring (bicyclic) bond motifs is 1. The van der Waals surface area contributed by atoms with Crippen molar-refractivity contribution >= 4 is 12.3 Å². The number of allylic oxidation sites excluding steroid dienone is 1. The summed E-state index contributed by atoms with van der Waals surface area (Å²) < 4.78 is 5.06. The number of dihydropyridines is 1. The van der Waals surface area contributed by atoms with Crippen molar-refractivity contribution < 1.29 is 19.7 Å². The molecule has 6 nitrogen and oxygen atoms in total. The van der Waals surface area contributed by atoms with Gasteiger partial charge in [-0.15, -0.1) is 0 Å². The zero-order valence-electron chi connectivity index (χ0n) is 10.0. The van der Waals surface area contributed by atoms with E-state index in [1.807, 2.05) is 0 Å². The molecule has 0 aromatic rings. The van der Waals surface area contributed by atoms with Crippen LogP contribution in [0.5, 0.6) is 0 Å². The van der Waals surface area contributed by atoms with Crippen molar-refractivity contribution in [3.8, 4) is 0 Å². The van der Waals surface area contributed by atoms with Crippen molar-refractivity contribution in [3.63, 3.8) is 0 Å². The quantitative estimate of drug-likeness (QED) is 0.615. The van der Waals surface area contributed by atoms with Gasteiger partial charge in [0.2, 0.25) is 0 Å². The minimum absolute atomic E-state index is 0.0815. The number of amides is 1. The molecular weight excluding hydrogens is 224 g/mol. The van der Waals surface area contributed by atoms with Gasteiger partial charge in [-0.3, -0.25) is 10.3 Å². The Morgan fingerprint density at radius 2 is 2.18 bits per heavy atom. The lowest BCUT2D eigenvalue weighted by Crippen LogP contribution is -2.40. The number of nitrogens with zero attached hydrogens (tertiary/aromatic N) is 1. The fourth-order valence-corrected chi connectivity index (χ4v) is 1.71. The number of carbonyl (C=O) groups excluding carboxylic acids is 1. The zero-order chi connectivity index (χ0) is 12.9. The largest absolute Gasteiger partial charge is 0.444 e. The number of hydrogen-bond acceptors (Lipinski definition) is 5. The van der Waals surface area contributed by atoms with Crippen molar-refractivity contribution in [3.05, 3.63) is 11.8 Å². The molecule has 1 aliphatic heterocycles. The van der Waals surface area contributed by atoms with E-state index in [1.165, 1.54) is 12.3 Å². The van der Waals surface area contributed by atoms with Crippen molar-refractivity contribution in [2.75, 3.05) is 0 Å². The minimum atomic E-state index is -1.49. The second-order valence-corrected chi connectivity index (χ2v) is 5.34. The molecule has 0 aromatic carbocycles. The lowest BCUT2D eigenvalue weighted by molar-refractivity contribution is 0.0340. The number of carbonyl (C=O) groups is 1. The highest BCUT2D eigenvalue weighted by atomic mass is 16.6. The van der Waals surface area contributed by atoms with Gasteiger partial charge in [0, 0.05) is 12.6 Å². The maximum atomic E-state index is 11.5. The molecule has 17 heavy (non-hydrogen) atoms. The molecule has 2 unspecified atom stereocenters. The molecule has 1 saturated carbocycles. The maximum Gasteiger partial charge on any atom is 0.411 e. The standard InChI is InChI=1S/C11H16N2O4/c1-9(2,3)17-8(14)13-7-4-5-12-11(16)6-10(7,11)15/h4-5,15-16H,6H2,1-3H3,(H,13,14). The lowest BCUT2D eigenvalue weighted by Gasteiger charge is -2.23. The summed E-state index contributed by atoms with van der Waals surface area (Å²) in [6.07, 6.45) is 2.22. The second-order valence-electron chi connectivity index (χ2n) is 5.34. The predicted octanol–water partition coefficient (Wildman–Crippen LogP) is 0.303. The van der Waals surface area contributed by atoms with E-state index in [-0.39, 0.29) is 12.1 Å². The van der Waals surface area contributed by atoms with E-state index in [9.17, 15) is 15.0 Å². The number of hydrogen-bond donors (Lipinski definition) is 3. The fraction of sp³-hybridized carbons (Fsp3) is 0.636. The second kappa shape index (κ2) is 3.30. The normalized spacial score (nSPS) is 34.8. The molecule has 3 N–H and O–H groups in total. The molecule has 0 aromatic heterocycles. The average Bonchev–Trinajstić information content (AvgIpc) is 2.67. The Bertz CT molecular complexity index is 424. The molecule has 0 radical (unpaired) electrons. The van der Waals surface area contributed by atoms with E-state index in [1.54, 1.807) is 20.8 Å². The Morgan fingerprint density at radius 3 is 2.76 bits per heavy atom. The molecule has 2 rings (SSSR count). The fourth-order valence-electron chi connectivity index (χ4n) is 1.71. The zero-order valence-corrected chi connectivity index (χ0v) is 10.0. The third-order valence-electron chi connectivity index (χ3n) is 2.65. The van der Waals surface area contributed by atoms with Gasteiger partial charge in [0.05, 0.1) is 5.70 Å². The highest BCUT2D eigenvalue weighted by Gasteiger charge is 2.70. The van der Waals surface area contributed by atoms with E-state index in [4.69, 9.17) is 4.74 Å². The van der Waals surface area contributed by atoms with Gasteiger partial charge in [0.1, 0.15) is 5.60 Å². The Morgan fingerprint density at radius 1 is 1.53 bits per heavy atom. The van der Waals surface area contributed by atoms with Crippen LogP contribution in [0.25, 0.3) is 0 Å². The first-order valence-corrected chi connectivity index (χ1v) is 5.37. The van der Waals surface area contributed by atoms with E-state index < -0.39 is 23.0 Å². The first-order chi connectivity index (χ1) is 7.66. The van der Waals surface area contributed by atoms with Crippen LogP contribution < -0.4 is 5.32 Å². The summed E-state index contributed by atoms with van der Waals surface area (Å²) in [5, 5.41) is 22.2. The van der Waals surface area contributed by atoms with E-state index in [0.717, 1.165) is 0 Å². The van der Waals surface area contributed by atoms with Gasteiger partial charge in [-0.25, -0.2) is 4.79 Å². The molecule has 1 heterocycles. The van der Waals surface area contributed by atoms with Gasteiger partial charge in [-0.05, 0) is 26.8 Å². The molecule has 0 spiro atoms. The molecule has 0 bridgehead atoms. The van der Waals surface area contributed by atoms with Crippen LogP contribution in [-0.2, 0) is 4.74 Å². The highest BCUT2D eigenvalue weighted by Crippen LogP contribution is 2.54. The van der Waals surface area contributed by atoms with Gasteiger partial charge in [-0.1, -0.05) is 0 Å². The molecule has 2 atom stereocenters. The van der Waals surface area contributed by atoms with Crippen LogP contribution >= 0.6 is 0 Å². The van der Waals surface area contributed by atoms with Crippen LogP contribution in [0, 0.1) is 0 Å². The first kappa shape index (κ1) is 12.1. The summed E-state index contributed by atoms with van der Waals surface area (Å²) >= 11 is 0. The van der Waals surface area contributed by atoms with Crippen molar-refractivity contribution in [1.29, 1.82) is 0 Å². The Balaban J connectivity index is 2.04. The number of alkyl carbamates (subject to hydrolysis) is 1. The summed E-state index contributed by atoms with van der Waals surface area (Å²) in [6.45, 7) is 5.22. The van der Waals surface area contributed by atoms with Gasteiger partial charge >= 0.3 is 6.09 Å². The number of aliphatic hydroxyl groups is 2. The minimum Gasteiger partial charge on any atom is -0.444 e. The third-order valence-corrected chi connectivity index (χ3v) is 2.65. The molecule has 2 aliphatic rings. The number of aliphatic imine (C=N–C) groups is 1. The molecule has 1 fully saturated rings. The first-order valence-electron chi connectivity index (χ1n) is 5.37. The highest BCUT2D eigenvalue weighted by molar-refractivity contribution is 5.80.